The summed E-state index contributed by atoms with van der Waals surface area (Å²) >= 11 is 0. The van der Waals surface area contributed by atoms with Crippen molar-refractivity contribution in [2.24, 2.45) is 0 Å². The number of benzene rings is 1. The van der Waals surface area contributed by atoms with E-state index in [2.05, 4.69) is 12.2 Å². The van der Waals surface area contributed by atoms with E-state index >= 15 is 0 Å². The first-order valence-electron chi connectivity index (χ1n) is 7.42. The van der Waals surface area contributed by atoms with Crippen molar-refractivity contribution in [1.29, 1.82) is 0 Å². The Balaban J connectivity index is 2.05. The summed E-state index contributed by atoms with van der Waals surface area (Å²) in [5.41, 5.74) is 1.24. The number of unbranched alkanes of at least 4 members (excludes halogenated alkanes) is 1. The second-order valence-corrected chi connectivity index (χ2v) is 5.39. The van der Waals surface area contributed by atoms with E-state index in [0.717, 1.165) is 32.2 Å². The molecule has 1 rings (SSSR count). The lowest BCUT2D eigenvalue weighted by atomic mass is 10.1. The summed E-state index contributed by atoms with van der Waals surface area (Å²) in [6.07, 6.45) is 4.10. The van der Waals surface area contributed by atoms with E-state index in [4.69, 9.17) is 5.11 Å². The van der Waals surface area contributed by atoms with Gasteiger partial charge >= 0.3 is 0 Å². The first-order valence-corrected chi connectivity index (χ1v) is 7.42. The van der Waals surface area contributed by atoms with E-state index in [1.54, 1.807) is 12.1 Å². The highest BCUT2D eigenvalue weighted by molar-refractivity contribution is 5.25. The minimum Gasteiger partial charge on any atom is -0.508 e. The molecule has 0 aliphatic rings. The van der Waals surface area contributed by atoms with Gasteiger partial charge < -0.3 is 20.6 Å². The molecule has 0 heterocycles. The SMILES string of the molecule is C[C@@H](CCc1ccc(O)cc1)NCCCCC(O)CO. The van der Waals surface area contributed by atoms with Gasteiger partial charge in [0.25, 0.3) is 0 Å². The zero-order chi connectivity index (χ0) is 14.8. The normalized spacial score (nSPS) is 14.2. The Kier molecular flexibility index (Phi) is 8.26. The summed E-state index contributed by atoms with van der Waals surface area (Å²) < 4.78 is 0. The summed E-state index contributed by atoms with van der Waals surface area (Å²) in [5, 5.41) is 30.6. The Labute approximate surface area is 121 Å². The molecule has 0 saturated carbocycles. The number of aliphatic hydroxyl groups is 2. The molecule has 4 heteroatoms. The molecule has 4 nitrogen and oxygen atoms in total. The van der Waals surface area contributed by atoms with E-state index < -0.39 is 6.10 Å². The van der Waals surface area contributed by atoms with Gasteiger partial charge in [-0.05, 0) is 63.3 Å². The van der Waals surface area contributed by atoms with Crippen LogP contribution in [-0.2, 0) is 6.42 Å². The van der Waals surface area contributed by atoms with Crippen molar-refractivity contribution in [1.82, 2.24) is 5.32 Å². The summed E-state index contributed by atoms with van der Waals surface area (Å²) in [5.74, 6) is 0.310. The lowest BCUT2D eigenvalue weighted by molar-refractivity contribution is 0.0861. The highest BCUT2D eigenvalue weighted by Crippen LogP contribution is 2.12. The van der Waals surface area contributed by atoms with Gasteiger partial charge in [0.1, 0.15) is 5.75 Å². The Morgan fingerprint density at radius 2 is 1.80 bits per heavy atom. The molecule has 0 amide bonds. The van der Waals surface area contributed by atoms with Crippen molar-refractivity contribution in [2.75, 3.05) is 13.2 Å². The molecule has 0 bridgehead atoms. The zero-order valence-corrected chi connectivity index (χ0v) is 12.3. The van der Waals surface area contributed by atoms with Crippen LogP contribution in [0.3, 0.4) is 0 Å². The Hall–Kier alpha value is -1.10. The molecule has 0 spiro atoms. The quantitative estimate of drug-likeness (QED) is 0.494. The second kappa shape index (κ2) is 9.75. The average Bonchev–Trinajstić information content (AvgIpc) is 2.46. The van der Waals surface area contributed by atoms with Crippen LogP contribution in [0.1, 0.15) is 38.2 Å². The topological polar surface area (TPSA) is 72.7 Å². The van der Waals surface area contributed by atoms with Gasteiger partial charge in [0, 0.05) is 6.04 Å². The Morgan fingerprint density at radius 3 is 2.45 bits per heavy atom. The molecule has 1 aromatic carbocycles. The summed E-state index contributed by atoms with van der Waals surface area (Å²) in [7, 11) is 0. The number of aryl methyl sites for hydroxylation is 1. The third-order valence-electron chi connectivity index (χ3n) is 3.47. The van der Waals surface area contributed by atoms with Gasteiger partial charge in [0.15, 0.2) is 0 Å². The maximum Gasteiger partial charge on any atom is 0.115 e. The molecule has 0 saturated heterocycles. The molecule has 4 N–H and O–H groups in total. The summed E-state index contributed by atoms with van der Waals surface area (Å²) in [6.45, 7) is 2.97. The molecule has 0 aliphatic carbocycles. The molecule has 0 aromatic heterocycles. The van der Waals surface area contributed by atoms with Gasteiger partial charge in [-0.3, -0.25) is 0 Å². The van der Waals surface area contributed by atoms with Crippen LogP contribution < -0.4 is 5.32 Å². The smallest absolute Gasteiger partial charge is 0.115 e. The van der Waals surface area contributed by atoms with Crippen LogP contribution in [0.2, 0.25) is 0 Å². The molecule has 1 aromatic rings. The number of aliphatic hydroxyl groups excluding tert-OH is 2. The Morgan fingerprint density at radius 1 is 1.10 bits per heavy atom. The van der Waals surface area contributed by atoms with Crippen LogP contribution in [0.4, 0.5) is 0 Å². The van der Waals surface area contributed by atoms with Crippen molar-refractivity contribution in [2.45, 2.75) is 51.2 Å². The predicted octanol–water partition coefficient (Wildman–Crippen LogP) is 1.83. The number of rotatable bonds is 10. The van der Waals surface area contributed by atoms with Crippen LogP contribution in [-0.4, -0.2) is 40.6 Å². The standard InChI is InChI=1S/C16H27NO3/c1-13(17-11-3-2-4-16(20)12-18)5-6-14-7-9-15(19)10-8-14/h7-10,13,16-20H,2-6,11-12H2,1H3/t13-,16?/m0/s1. The van der Waals surface area contributed by atoms with Gasteiger partial charge in [0.2, 0.25) is 0 Å². The number of nitrogens with one attached hydrogen (secondary N) is 1. The lowest BCUT2D eigenvalue weighted by Gasteiger charge is -2.14. The van der Waals surface area contributed by atoms with Crippen molar-refractivity contribution in [3.8, 4) is 5.75 Å². The summed E-state index contributed by atoms with van der Waals surface area (Å²) in [6, 6.07) is 7.81. The number of phenols is 1. The minimum atomic E-state index is -0.568. The minimum absolute atomic E-state index is 0.142. The highest BCUT2D eigenvalue weighted by Gasteiger charge is 2.04. The van der Waals surface area contributed by atoms with Gasteiger partial charge in [-0.15, -0.1) is 0 Å². The molecule has 1 unspecified atom stereocenters. The molecule has 0 radical (unpaired) electrons. The van der Waals surface area contributed by atoms with Gasteiger partial charge in [-0.2, -0.15) is 0 Å². The number of hydrogen-bond acceptors (Lipinski definition) is 4. The monoisotopic (exact) mass is 281 g/mol. The molecular weight excluding hydrogens is 254 g/mol. The maximum atomic E-state index is 9.21. The van der Waals surface area contributed by atoms with Crippen LogP contribution >= 0.6 is 0 Å². The molecule has 0 aliphatic heterocycles. The summed E-state index contributed by atoms with van der Waals surface area (Å²) in [4.78, 5) is 0. The fraction of sp³-hybridized carbons (Fsp3) is 0.625. The lowest BCUT2D eigenvalue weighted by Crippen LogP contribution is -2.27. The highest BCUT2D eigenvalue weighted by atomic mass is 16.3. The van der Waals surface area contributed by atoms with Gasteiger partial charge in [-0.1, -0.05) is 12.1 Å². The predicted molar refractivity (Wildman–Crippen MR) is 80.8 cm³/mol. The first-order chi connectivity index (χ1) is 9.61. The van der Waals surface area contributed by atoms with Gasteiger partial charge in [-0.25, -0.2) is 0 Å². The second-order valence-electron chi connectivity index (χ2n) is 5.39. The average molecular weight is 281 g/mol. The largest absolute Gasteiger partial charge is 0.508 e. The van der Waals surface area contributed by atoms with Crippen molar-refractivity contribution in [3.63, 3.8) is 0 Å². The van der Waals surface area contributed by atoms with Gasteiger partial charge in [0.05, 0.1) is 12.7 Å². The molecule has 114 valence electrons. The zero-order valence-electron chi connectivity index (χ0n) is 12.3. The van der Waals surface area contributed by atoms with E-state index in [0.29, 0.717) is 18.2 Å². The maximum absolute atomic E-state index is 9.21. The molecular formula is C16H27NO3. The van der Waals surface area contributed by atoms with E-state index in [1.165, 1.54) is 5.56 Å². The van der Waals surface area contributed by atoms with E-state index in [1.807, 2.05) is 12.1 Å². The third kappa shape index (κ3) is 7.48. The van der Waals surface area contributed by atoms with Crippen LogP contribution in [0.5, 0.6) is 5.75 Å². The van der Waals surface area contributed by atoms with Crippen LogP contribution in [0.25, 0.3) is 0 Å². The fourth-order valence-corrected chi connectivity index (χ4v) is 2.09. The van der Waals surface area contributed by atoms with E-state index in [9.17, 15) is 10.2 Å². The van der Waals surface area contributed by atoms with E-state index in [-0.39, 0.29) is 6.61 Å². The van der Waals surface area contributed by atoms with Crippen molar-refractivity contribution in [3.05, 3.63) is 29.8 Å². The first kappa shape index (κ1) is 17.0. The third-order valence-corrected chi connectivity index (χ3v) is 3.47. The number of hydrogen-bond donors (Lipinski definition) is 4. The Bertz CT molecular complexity index is 353. The number of phenolic OH excluding ortho intramolecular Hbond substituents is 1. The molecule has 2 atom stereocenters. The molecule has 0 fully saturated rings. The van der Waals surface area contributed by atoms with Crippen molar-refractivity contribution < 1.29 is 15.3 Å². The van der Waals surface area contributed by atoms with Crippen LogP contribution in [0, 0.1) is 0 Å². The number of aromatic hydroxyl groups is 1. The molecule has 20 heavy (non-hydrogen) atoms. The van der Waals surface area contributed by atoms with Crippen molar-refractivity contribution >= 4 is 0 Å². The van der Waals surface area contributed by atoms with Crippen LogP contribution in [0.15, 0.2) is 24.3 Å². The fourth-order valence-electron chi connectivity index (χ4n) is 2.09.